The van der Waals surface area contributed by atoms with E-state index < -0.39 is 0 Å². The zero-order valence-corrected chi connectivity index (χ0v) is 13.5. The second-order valence-electron chi connectivity index (χ2n) is 8.66. The van der Waals surface area contributed by atoms with Gasteiger partial charge in [0.2, 0.25) is 0 Å². The van der Waals surface area contributed by atoms with Crippen molar-refractivity contribution in [2.45, 2.75) is 79.1 Å². The maximum absolute atomic E-state index is 2.66. The summed E-state index contributed by atoms with van der Waals surface area (Å²) in [4.78, 5) is 0. The van der Waals surface area contributed by atoms with E-state index in [1.807, 2.05) is 0 Å². The zero-order valence-electron chi connectivity index (χ0n) is 13.5. The number of fused-ring (bicyclic) bond motifs is 1. The van der Waals surface area contributed by atoms with Gasteiger partial charge in [0.1, 0.15) is 0 Å². The van der Waals surface area contributed by atoms with Gasteiger partial charge in [-0.3, -0.25) is 0 Å². The van der Waals surface area contributed by atoms with Crippen LogP contribution in [0.2, 0.25) is 0 Å². The molecule has 3 aliphatic rings. The first kappa shape index (κ1) is 13.7. The highest BCUT2D eigenvalue weighted by atomic mass is 14.7. The van der Waals surface area contributed by atoms with E-state index >= 15 is 0 Å². The van der Waals surface area contributed by atoms with Crippen LogP contribution in [-0.4, -0.2) is 0 Å². The second-order valence-corrected chi connectivity index (χ2v) is 8.66. The summed E-state index contributed by atoms with van der Waals surface area (Å²) in [5, 5.41) is 0. The van der Waals surface area contributed by atoms with Gasteiger partial charge in [-0.05, 0) is 80.0 Å². The molecule has 3 atom stereocenters. The van der Waals surface area contributed by atoms with Gasteiger partial charge in [0.25, 0.3) is 0 Å². The van der Waals surface area contributed by atoms with E-state index in [1.165, 1.54) is 51.4 Å². The molecule has 0 heterocycles. The van der Waals surface area contributed by atoms with Gasteiger partial charge in [-0.15, -0.1) is 0 Å². The predicted molar refractivity (Wildman–Crippen MR) is 83.1 cm³/mol. The highest BCUT2D eigenvalue weighted by Gasteiger charge is 2.62. The molecule has 1 spiro atoms. The number of allylic oxidation sites excluding steroid dienone is 2. The minimum Gasteiger partial charge on any atom is -0.0917 e. The first-order valence-electron chi connectivity index (χ1n) is 8.56. The van der Waals surface area contributed by atoms with Crippen molar-refractivity contribution in [3.63, 3.8) is 0 Å². The van der Waals surface area contributed by atoms with Crippen molar-refractivity contribution in [1.29, 1.82) is 0 Å². The highest BCUT2D eigenvalue weighted by Crippen LogP contribution is 2.71. The van der Waals surface area contributed by atoms with Crippen LogP contribution >= 0.6 is 0 Å². The molecule has 0 radical (unpaired) electrons. The van der Waals surface area contributed by atoms with Gasteiger partial charge < -0.3 is 0 Å². The smallest absolute Gasteiger partial charge is 0.0256 e. The fraction of sp³-hybridized carbons (Fsp3) is 0.895. The molecule has 0 heteroatoms. The van der Waals surface area contributed by atoms with Crippen molar-refractivity contribution in [3.8, 4) is 0 Å². The maximum atomic E-state index is 2.66. The van der Waals surface area contributed by atoms with Crippen LogP contribution < -0.4 is 0 Å². The summed E-state index contributed by atoms with van der Waals surface area (Å²) in [7, 11) is 0. The molecule has 0 unspecified atom stereocenters. The standard InChI is InChI=1S/C19H32/c1-5-6-8-16-18(4)11-7-10-17(2,3)15(18)9-12-19(16)13-14-19/h5-6,15-16H,7-14H2,1-4H3/b6-5+/t15-,16+,18-/m0/s1. The fourth-order valence-electron chi connectivity index (χ4n) is 6.16. The van der Waals surface area contributed by atoms with Gasteiger partial charge in [-0.2, -0.15) is 0 Å². The maximum Gasteiger partial charge on any atom is -0.0256 e. The Hall–Kier alpha value is -0.260. The van der Waals surface area contributed by atoms with Crippen LogP contribution in [-0.2, 0) is 0 Å². The Bertz CT molecular complexity index is 371. The van der Waals surface area contributed by atoms with Crippen molar-refractivity contribution >= 4 is 0 Å². The molecule has 0 N–H and O–H groups in total. The van der Waals surface area contributed by atoms with Crippen LogP contribution in [0.1, 0.15) is 79.1 Å². The SMILES string of the molecule is C/C=C/C[C@H]1C2(CC[C@H]3C(C)(C)CCC[C@@]31C)CC2. The van der Waals surface area contributed by atoms with E-state index in [4.69, 9.17) is 0 Å². The van der Waals surface area contributed by atoms with Crippen LogP contribution in [0.4, 0.5) is 0 Å². The molecule has 3 saturated carbocycles. The topological polar surface area (TPSA) is 0 Å². The molecule has 19 heavy (non-hydrogen) atoms. The molecule has 3 rings (SSSR count). The number of rotatable bonds is 2. The second kappa shape index (κ2) is 4.37. The molecule has 3 fully saturated rings. The average Bonchev–Trinajstić information content (AvgIpc) is 3.08. The van der Waals surface area contributed by atoms with Gasteiger partial charge in [0.15, 0.2) is 0 Å². The summed E-state index contributed by atoms with van der Waals surface area (Å²) in [6.45, 7) is 9.94. The lowest BCUT2D eigenvalue weighted by Crippen LogP contribution is -2.52. The summed E-state index contributed by atoms with van der Waals surface area (Å²) in [6, 6.07) is 0. The summed E-state index contributed by atoms with van der Waals surface area (Å²) >= 11 is 0. The monoisotopic (exact) mass is 260 g/mol. The van der Waals surface area contributed by atoms with Crippen molar-refractivity contribution < 1.29 is 0 Å². The third-order valence-electron chi connectivity index (χ3n) is 7.24. The lowest BCUT2D eigenvalue weighted by molar-refractivity contribution is -0.103. The van der Waals surface area contributed by atoms with Crippen LogP contribution in [0.25, 0.3) is 0 Å². The molecular formula is C19H32. The van der Waals surface area contributed by atoms with Gasteiger partial charge in [0, 0.05) is 0 Å². The van der Waals surface area contributed by atoms with Crippen molar-refractivity contribution in [3.05, 3.63) is 12.2 Å². The Labute approximate surface area is 120 Å². The summed E-state index contributed by atoms with van der Waals surface area (Å²) in [6.07, 6.45) is 16.6. The van der Waals surface area contributed by atoms with E-state index in [0.717, 1.165) is 17.3 Å². The Morgan fingerprint density at radius 1 is 1.00 bits per heavy atom. The molecule has 0 aromatic heterocycles. The Balaban J connectivity index is 1.93. The molecule has 0 nitrogen and oxygen atoms in total. The van der Waals surface area contributed by atoms with E-state index in [9.17, 15) is 0 Å². The first-order valence-corrected chi connectivity index (χ1v) is 8.56. The lowest BCUT2D eigenvalue weighted by Gasteiger charge is -2.60. The molecule has 108 valence electrons. The molecular weight excluding hydrogens is 228 g/mol. The first-order chi connectivity index (χ1) is 8.95. The molecule has 0 aromatic rings. The van der Waals surface area contributed by atoms with Crippen LogP contribution in [0.5, 0.6) is 0 Å². The van der Waals surface area contributed by atoms with E-state index in [-0.39, 0.29) is 0 Å². The summed E-state index contributed by atoms with van der Waals surface area (Å²) in [5.41, 5.74) is 1.96. The zero-order chi connectivity index (χ0) is 13.7. The molecule has 0 aliphatic heterocycles. The highest BCUT2D eigenvalue weighted by molar-refractivity contribution is 5.13. The molecule has 0 amide bonds. The van der Waals surface area contributed by atoms with Crippen LogP contribution in [0.3, 0.4) is 0 Å². The van der Waals surface area contributed by atoms with Crippen molar-refractivity contribution in [2.75, 3.05) is 0 Å². The summed E-state index contributed by atoms with van der Waals surface area (Å²) < 4.78 is 0. The normalized spacial score (nSPS) is 43.4. The quantitative estimate of drug-likeness (QED) is 0.536. The number of hydrogen-bond donors (Lipinski definition) is 0. The minimum atomic E-state index is 0.581. The third kappa shape index (κ3) is 2.01. The Morgan fingerprint density at radius 3 is 2.37 bits per heavy atom. The average molecular weight is 260 g/mol. The van der Waals surface area contributed by atoms with E-state index in [1.54, 1.807) is 0 Å². The van der Waals surface area contributed by atoms with Crippen LogP contribution in [0.15, 0.2) is 12.2 Å². The fourth-order valence-corrected chi connectivity index (χ4v) is 6.16. The largest absolute Gasteiger partial charge is 0.0917 e. The molecule has 0 bridgehead atoms. The van der Waals surface area contributed by atoms with Gasteiger partial charge >= 0.3 is 0 Å². The minimum absolute atomic E-state index is 0.581. The van der Waals surface area contributed by atoms with E-state index in [2.05, 4.69) is 39.8 Å². The van der Waals surface area contributed by atoms with E-state index in [0.29, 0.717) is 10.8 Å². The van der Waals surface area contributed by atoms with Gasteiger partial charge in [0.05, 0.1) is 0 Å². The van der Waals surface area contributed by atoms with Gasteiger partial charge in [-0.1, -0.05) is 39.3 Å². The Kier molecular flexibility index (Phi) is 3.15. The van der Waals surface area contributed by atoms with Crippen molar-refractivity contribution in [1.82, 2.24) is 0 Å². The molecule has 0 aromatic carbocycles. The van der Waals surface area contributed by atoms with Crippen molar-refractivity contribution in [2.24, 2.45) is 28.1 Å². The summed E-state index contributed by atoms with van der Waals surface area (Å²) in [5.74, 6) is 1.93. The molecule has 3 aliphatic carbocycles. The molecule has 0 saturated heterocycles. The van der Waals surface area contributed by atoms with Crippen LogP contribution in [0, 0.1) is 28.1 Å². The van der Waals surface area contributed by atoms with Gasteiger partial charge in [-0.25, -0.2) is 0 Å². The Morgan fingerprint density at radius 2 is 1.74 bits per heavy atom. The third-order valence-corrected chi connectivity index (χ3v) is 7.24. The predicted octanol–water partition coefficient (Wildman–Crippen LogP) is 5.98. The number of hydrogen-bond acceptors (Lipinski definition) is 0. The lowest BCUT2D eigenvalue weighted by atomic mass is 9.45.